The van der Waals surface area contributed by atoms with E-state index in [2.05, 4.69) is 4.84 Å². The third-order valence-corrected chi connectivity index (χ3v) is 0.860. The smallest absolute Gasteiger partial charge is 0.332 e. The molecule has 0 aromatic carbocycles. The summed E-state index contributed by atoms with van der Waals surface area (Å²) in [6.45, 7) is 5.49. The summed E-state index contributed by atoms with van der Waals surface area (Å²) in [6.07, 6.45) is -1.26. The summed E-state index contributed by atoms with van der Waals surface area (Å²) in [5.74, 6) is -1.32. The van der Waals surface area contributed by atoms with Crippen LogP contribution in [0.1, 0.15) is 27.2 Å². The Hall–Kier alpha value is -1.33. The highest BCUT2D eigenvalue weighted by atomic mass is 17.0. The van der Waals surface area contributed by atoms with Crippen molar-refractivity contribution >= 4 is 5.97 Å². The van der Waals surface area contributed by atoms with Crippen molar-refractivity contribution in [3.8, 4) is 0 Å². The molecule has 0 fully saturated rings. The Labute approximate surface area is 70.2 Å². The second-order valence-electron chi connectivity index (χ2n) is 1.56. The van der Waals surface area contributed by atoms with Crippen molar-refractivity contribution in [3.63, 3.8) is 0 Å². The van der Waals surface area contributed by atoms with Crippen molar-refractivity contribution in [3.05, 3.63) is 10.1 Å². The fourth-order valence-electron chi connectivity index (χ4n) is 0.398. The van der Waals surface area contributed by atoms with Gasteiger partial charge in [-0.2, -0.15) is 0 Å². The van der Waals surface area contributed by atoms with Gasteiger partial charge in [0.05, 0.1) is 0 Å². The summed E-state index contributed by atoms with van der Waals surface area (Å²) < 4.78 is 0. The molecular formula is C6H13NO5. The van der Waals surface area contributed by atoms with Gasteiger partial charge in [0.1, 0.15) is 0 Å². The van der Waals surface area contributed by atoms with Gasteiger partial charge in [-0.15, -0.1) is 10.1 Å². The van der Waals surface area contributed by atoms with Crippen LogP contribution >= 0.6 is 0 Å². The zero-order valence-electron chi connectivity index (χ0n) is 7.31. The Kier molecular flexibility index (Phi) is 8.60. The molecule has 0 spiro atoms. The Morgan fingerprint density at radius 1 is 1.67 bits per heavy atom. The molecule has 0 amide bonds. The summed E-state index contributed by atoms with van der Waals surface area (Å²) in [7, 11) is 0. The van der Waals surface area contributed by atoms with Crippen molar-refractivity contribution in [2.75, 3.05) is 0 Å². The summed E-state index contributed by atoms with van der Waals surface area (Å²) >= 11 is 0. The molecule has 0 saturated heterocycles. The summed E-state index contributed by atoms with van der Waals surface area (Å²) in [4.78, 5) is 23.4. The first-order valence-electron chi connectivity index (χ1n) is 3.62. The number of rotatable bonds is 4. The maximum absolute atomic E-state index is 10.0. The molecule has 0 heterocycles. The summed E-state index contributed by atoms with van der Waals surface area (Å²) in [6, 6.07) is 0. The number of aliphatic carboxylic acids is 1. The first-order chi connectivity index (χ1) is 5.57. The second kappa shape index (κ2) is 7.77. The zero-order valence-corrected chi connectivity index (χ0v) is 7.31. The average molecular weight is 179 g/mol. The molecule has 0 aromatic heterocycles. The Morgan fingerprint density at radius 2 is 2.08 bits per heavy atom. The van der Waals surface area contributed by atoms with E-state index in [0.29, 0.717) is 0 Å². The van der Waals surface area contributed by atoms with Crippen LogP contribution in [0.5, 0.6) is 0 Å². The monoisotopic (exact) mass is 179 g/mol. The number of carbonyl (C=O) groups is 1. The summed E-state index contributed by atoms with van der Waals surface area (Å²) in [5.41, 5.74) is 0. The molecule has 0 aliphatic rings. The predicted molar refractivity (Wildman–Crippen MR) is 41.1 cm³/mol. The van der Waals surface area contributed by atoms with E-state index in [1.165, 1.54) is 6.92 Å². The first kappa shape index (κ1) is 13.3. The van der Waals surface area contributed by atoms with E-state index in [0.717, 1.165) is 0 Å². The van der Waals surface area contributed by atoms with Crippen LogP contribution in [0.2, 0.25) is 0 Å². The Bertz CT molecular complexity index is 147. The Balaban J connectivity index is 0. The number of nitrogens with zero attached hydrogens (tertiary/aromatic N) is 1. The van der Waals surface area contributed by atoms with Gasteiger partial charge >= 0.3 is 5.97 Å². The molecule has 0 rings (SSSR count). The molecule has 0 aliphatic heterocycles. The highest BCUT2D eigenvalue weighted by molar-refractivity contribution is 5.71. The number of hydrogen-bond donors (Lipinski definition) is 1. The number of carboxylic acid groups (broad SMARTS) is 1. The van der Waals surface area contributed by atoms with Crippen LogP contribution in [0.25, 0.3) is 0 Å². The molecule has 0 aromatic rings. The standard InChI is InChI=1S/C4H7NO5.C2H6/c1-2-3(4(6)7)10-5(8)9;1-2/h3H,2H2,1H3,(H,6,7);1-2H3. The average Bonchev–Trinajstić information content (AvgIpc) is 2.03. The topological polar surface area (TPSA) is 89.7 Å². The maximum Gasteiger partial charge on any atom is 0.332 e. The molecule has 6 nitrogen and oxygen atoms in total. The largest absolute Gasteiger partial charge is 0.480 e. The molecular weight excluding hydrogens is 166 g/mol. The molecule has 0 saturated carbocycles. The number of carboxylic acids is 1. The fourth-order valence-corrected chi connectivity index (χ4v) is 0.398. The molecule has 12 heavy (non-hydrogen) atoms. The van der Waals surface area contributed by atoms with Gasteiger partial charge in [-0.05, 0) is 6.42 Å². The van der Waals surface area contributed by atoms with Crippen LogP contribution in [-0.2, 0) is 9.63 Å². The Morgan fingerprint density at radius 3 is 2.17 bits per heavy atom. The van der Waals surface area contributed by atoms with Gasteiger partial charge in [0, 0.05) is 0 Å². The van der Waals surface area contributed by atoms with Gasteiger partial charge in [-0.1, -0.05) is 20.8 Å². The lowest BCUT2D eigenvalue weighted by Crippen LogP contribution is -2.25. The minimum Gasteiger partial charge on any atom is -0.480 e. The van der Waals surface area contributed by atoms with Crippen LogP contribution in [0.15, 0.2) is 0 Å². The van der Waals surface area contributed by atoms with E-state index in [-0.39, 0.29) is 6.42 Å². The van der Waals surface area contributed by atoms with E-state index in [1.54, 1.807) is 0 Å². The van der Waals surface area contributed by atoms with E-state index in [1.807, 2.05) is 13.8 Å². The fraction of sp³-hybridized carbons (Fsp3) is 0.833. The van der Waals surface area contributed by atoms with Gasteiger partial charge in [0.15, 0.2) is 0 Å². The van der Waals surface area contributed by atoms with E-state index in [9.17, 15) is 14.9 Å². The molecule has 72 valence electrons. The minimum absolute atomic E-state index is 0.0797. The van der Waals surface area contributed by atoms with Gasteiger partial charge in [0.25, 0.3) is 5.09 Å². The third-order valence-electron chi connectivity index (χ3n) is 0.860. The van der Waals surface area contributed by atoms with Crippen molar-refractivity contribution in [1.82, 2.24) is 0 Å². The van der Waals surface area contributed by atoms with Crippen molar-refractivity contribution in [2.24, 2.45) is 0 Å². The van der Waals surface area contributed by atoms with Gasteiger partial charge in [-0.25, -0.2) is 4.79 Å². The highest BCUT2D eigenvalue weighted by Crippen LogP contribution is 1.96. The molecule has 0 bridgehead atoms. The van der Waals surface area contributed by atoms with Crippen molar-refractivity contribution < 1.29 is 19.8 Å². The third kappa shape index (κ3) is 6.79. The predicted octanol–water partition coefficient (Wildman–Crippen LogP) is 1.08. The minimum atomic E-state index is -1.34. The molecule has 1 N–H and O–H groups in total. The van der Waals surface area contributed by atoms with E-state index < -0.39 is 17.2 Å². The zero-order chi connectivity index (χ0) is 10.1. The molecule has 1 atom stereocenters. The van der Waals surface area contributed by atoms with Crippen molar-refractivity contribution in [1.29, 1.82) is 0 Å². The first-order valence-corrected chi connectivity index (χ1v) is 3.62. The van der Waals surface area contributed by atoms with Gasteiger partial charge < -0.3 is 5.11 Å². The normalized spacial score (nSPS) is 10.6. The van der Waals surface area contributed by atoms with E-state index >= 15 is 0 Å². The molecule has 6 heteroatoms. The maximum atomic E-state index is 10.0. The van der Waals surface area contributed by atoms with Crippen LogP contribution in [0.4, 0.5) is 0 Å². The lowest BCUT2D eigenvalue weighted by molar-refractivity contribution is -0.765. The van der Waals surface area contributed by atoms with Crippen LogP contribution in [-0.4, -0.2) is 22.3 Å². The van der Waals surface area contributed by atoms with Crippen molar-refractivity contribution in [2.45, 2.75) is 33.3 Å². The SMILES string of the molecule is CC.CCC(O[N+](=O)[O-])C(=O)O. The second-order valence-corrected chi connectivity index (χ2v) is 1.56. The lowest BCUT2D eigenvalue weighted by atomic mass is 10.3. The van der Waals surface area contributed by atoms with Gasteiger partial charge in [0.2, 0.25) is 6.10 Å². The summed E-state index contributed by atoms with van der Waals surface area (Å²) in [5, 5.41) is 16.7. The molecule has 0 aliphatic carbocycles. The van der Waals surface area contributed by atoms with E-state index in [4.69, 9.17) is 5.11 Å². The molecule has 1 unspecified atom stereocenters. The number of hydrogen-bond acceptors (Lipinski definition) is 4. The van der Waals surface area contributed by atoms with Gasteiger partial charge in [-0.3, -0.25) is 4.84 Å². The quantitative estimate of drug-likeness (QED) is 0.515. The van der Waals surface area contributed by atoms with Crippen LogP contribution in [0.3, 0.4) is 0 Å². The molecule has 0 radical (unpaired) electrons. The van der Waals surface area contributed by atoms with Crippen LogP contribution < -0.4 is 0 Å². The highest BCUT2D eigenvalue weighted by Gasteiger charge is 2.18. The lowest BCUT2D eigenvalue weighted by Gasteiger charge is -2.04. The van der Waals surface area contributed by atoms with Crippen LogP contribution in [0, 0.1) is 10.1 Å².